The van der Waals surface area contributed by atoms with Crippen molar-refractivity contribution in [2.45, 2.75) is 37.5 Å². The van der Waals surface area contributed by atoms with Crippen LogP contribution < -0.4 is 5.32 Å². The SMILES string of the molecule is CC(=O)N1CCC(C(=O)Nc2cc(S(=O)(=O)N3CCCC3)ccc2Cl)CC1. The van der Waals surface area contributed by atoms with E-state index in [0.717, 1.165) is 12.8 Å². The third kappa shape index (κ3) is 4.44. The van der Waals surface area contributed by atoms with Crippen molar-refractivity contribution in [3.05, 3.63) is 23.2 Å². The van der Waals surface area contributed by atoms with Gasteiger partial charge in [-0.05, 0) is 43.9 Å². The summed E-state index contributed by atoms with van der Waals surface area (Å²) in [4.78, 5) is 25.8. The first-order valence-corrected chi connectivity index (χ1v) is 11.0. The van der Waals surface area contributed by atoms with Gasteiger partial charge in [0.05, 0.1) is 15.6 Å². The molecule has 7 nitrogen and oxygen atoms in total. The predicted molar refractivity (Wildman–Crippen MR) is 103 cm³/mol. The maximum atomic E-state index is 12.7. The third-order valence-corrected chi connectivity index (χ3v) is 7.43. The van der Waals surface area contributed by atoms with E-state index in [0.29, 0.717) is 49.7 Å². The zero-order valence-corrected chi connectivity index (χ0v) is 16.9. The highest BCUT2D eigenvalue weighted by molar-refractivity contribution is 7.89. The number of rotatable bonds is 4. The number of likely N-dealkylation sites (tertiary alicyclic amines) is 1. The number of halogens is 1. The fraction of sp³-hybridized carbons (Fsp3) is 0.556. The number of sulfonamides is 1. The van der Waals surface area contributed by atoms with Crippen LogP contribution in [0, 0.1) is 5.92 Å². The summed E-state index contributed by atoms with van der Waals surface area (Å²) in [5.74, 6) is -0.414. The number of carbonyl (C=O) groups is 2. The maximum Gasteiger partial charge on any atom is 0.243 e. The molecule has 1 N–H and O–H groups in total. The molecule has 2 aliphatic heterocycles. The first kappa shape index (κ1) is 20.1. The molecule has 2 fully saturated rings. The first-order valence-electron chi connectivity index (χ1n) is 9.15. The van der Waals surface area contributed by atoms with E-state index in [1.54, 1.807) is 4.90 Å². The van der Waals surface area contributed by atoms with E-state index < -0.39 is 10.0 Å². The smallest absolute Gasteiger partial charge is 0.243 e. The lowest BCUT2D eigenvalue weighted by Crippen LogP contribution is -2.40. The Balaban J connectivity index is 1.71. The van der Waals surface area contributed by atoms with E-state index in [-0.39, 0.29) is 22.6 Å². The molecule has 0 spiro atoms. The van der Waals surface area contributed by atoms with E-state index in [4.69, 9.17) is 11.6 Å². The average molecular weight is 414 g/mol. The molecule has 2 heterocycles. The molecule has 0 unspecified atom stereocenters. The van der Waals surface area contributed by atoms with Gasteiger partial charge in [-0.1, -0.05) is 11.6 Å². The Morgan fingerprint density at radius 3 is 2.33 bits per heavy atom. The van der Waals surface area contributed by atoms with Crippen LogP contribution in [0.4, 0.5) is 5.69 Å². The lowest BCUT2D eigenvalue weighted by atomic mass is 9.96. The Morgan fingerprint density at radius 2 is 1.74 bits per heavy atom. The van der Waals surface area contributed by atoms with Crippen LogP contribution in [0.5, 0.6) is 0 Å². The highest BCUT2D eigenvalue weighted by Crippen LogP contribution is 2.29. The van der Waals surface area contributed by atoms with Gasteiger partial charge in [0.2, 0.25) is 21.8 Å². The van der Waals surface area contributed by atoms with Crippen molar-refractivity contribution in [3.8, 4) is 0 Å². The van der Waals surface area contributed by atoms with Crippen LogP contribution in [0.25, 0.3) is 0 Å². The fourth-order valence-electron chi connectivity index (χ4n) is 3.53. The summed E-state index contributed by atoms with van der Waals surface area (Å²) in [6.07, 6.45) is 2.87. The van der Waals surface area contributed by atoms with Gasteiger partial charge in [-0.25, -0.2) is 8.42 Å². The summed E-state index contributed by atoms with van der Waals surface area (Å²) in [6, 6.07) is 4.40. The van der Waals surface area contributed by atoms with Crippen molar-refractivity contribution in [1.29, 1.82) is 0 Å². The van der Waals surface area contributed by atoms with Gasteiger partial charge in [-0.2, -0.15) is 4.31 Å². The van der Waals surface area contributed by atoms with Crippen LogP contribution in [-0.4, -0.2) is 55.6 Å². The second kappa shape index (κ2) is 8.16. The minimum absolute atomic E-state index is 0.0109. The molecule has 0 aromatic heterocycles. The Morgan fingerprint density at radius 1 is 1.11 bits per heavy atom. The van der Waals surface area contributed by atoms with Crippen molar-refractivity contribution >= 4 is 39.1 Å². The average Bonchev–Trinajstić information content (AvgIpc) is 3.19. The molecule has 0 aliphatic carbocycles. The molecule has 2 aliphatic rings. The molecule has 0 bridgehead atoms. The normalized spacial score (nSPS) is 19.3. The van der Waals surface area contributed by atoms with Crippen LogP contribution in [-0.2, 0) is 19.6 Å². The zero-order valence-electron chi connectivity index (χ0n) is 15.3. The molecular weight excluding hydrogens is 390 g/mol. The van der Waals surface area contributed by atoms with Gasteiger partial charge in [0, 0.05) is 39.0 Å². The predicted octanol–water partition coefficient (Wildman–Crippen LogP) is 2.32. The minimum atomic E-state index is -3.58. The van der Waals surface area contributed by atoms with Crippen LogP contribution in [0.15, 0.2) is 23.1 Å². The quantitative estimate of drug-likeness (QED) is 0.820. The highest BCUT2D eigenvalue weighted by atomic mass is 35.5. The van der Waals surface area contributed by atoms with Crippen molar-refractivity contribution in [2.24, 2.45) is 5.92 Å². The van der Waals surface area contributed by atoms with Crippen LogP contribution in [0.3, 0.4) is 0 Å². The molecule has 2 saturated heterocycles. The lowest BCUT2D eigenvalue weighted by Gasteiger charge is -2.30. The minimum Gasteiger partial charge on any atom is -0.343 e. The molecule has 0 radical (unpaired) electrons. The molecule has 148 valence electrons. The van der Waals surface area contributed by atoms with Crippen LogP contribution >= 0.6 is 11.6 Å². The van der Waals surface area contributed by atoms with Crippen molar-refractivity contribution in [1.82, 2.24) is 9.21 Å². The molecule has 3 rings (SSSR count). The number of amides is 2. The largest absolute Gasteiger partial charge is 0.343 e. The number of hydrogen-bond donors (Lipinski definition) is 1. The Bertz CT molecular complexity index is 829. The fourth-order valence-corrected chi connectivity index (χ4v) is 5.24. The zero-order chi connectivity index (χ0) is 19.6. The number of benzene rings is 1. The molecule has 2 amide bonds. The lowest BCUT2D eigenvalue weighted by molar-refractivity contribution is -0.132. The Kier molecular flexibility index (Phi) is 6.08. The van der Waals surface area contributed by atoms with E-state index in [1.807, 2.05) is 0 Å². The number of anilines is 1. The highest BCUT2D eigenvalue weighted by Gasteiger charge is 2.29. The topological polar surface area (TPSA) is 86.8 Å². The second-order valence-electron chi connectivity index (χ2n) is 7.02. The number of nitrogens with zero attached hydrogens (tertiary/aromatic N) is 2. The maximum absolute atomic E-state index is 12.7. The van der Waals surface area contributed by atoms with Crippen molar-refractivity contribution < 1.29 is 18.0 Å². The van der Waals surface area contributed by atoms with Crippen LogP contribution in [0.1, 0.15) is 32.6 Å². The number of carbonyl (C=O) groups excluding carboxylic acids is 2. The molecule has 9 heteroatoms. The number of hydrogen-bond acceptors (Lipinski definition) is 4. The summed E-state index contributed by atoms with van der Waals surface area (Å²) in [7, 11) is -3.58. The van der Waals surface area contributed by atoms with Crippen molar-refractivity contribution in [2.75, 3.05) is 31.5 Å². The van der Waals surface area contributed by atoms with Gasteiger partial charge in [0.1, 0.15) is 0 Å². The van der Waals surface area contributed by atoms with Gasteiger partial charge in [0.15, 0.2) is 0 Å². The van der Waals surface area contributed by atoms with E-state index in [2.05, 4.69) is 5.32 Å². The van der Waals surface area contributed by atoms with E-state index >= 15 is 0 Å². The van der Waals surface area contributed by atoms with Gasteiger partial charge in [-0.3, -0.25) is 9.59 Å². The Labute approximate surface area is 164 Å². The standard InChI is InChI=1S/C18H24ClN3O4S/c1-13(23)21-10-6-14(7-11-21)18(24)20-17-12-15(4-5-16(17)19)27(25,26)22-8-2-3-9-22/h4-5,12,14H,2-3,6-11H2,1H3,(H,20,24). The molecule has 0 atom stereocenters. The summed E-state index contributed by atoms with van der Waals surface area (Å²) in [5, 5.41) is 3.07. The van der Waals surface area contributed by atoms with Crippen molar-refractivity contribution in [3.63, 3.8) is 0 Å². The third-order valence-electron chi connectivity index (χ3n) is 5.21. The molecule has 0 saturated carbocycles. The molecular formula is C18H24ClN3O4S. The Hall–Kier alpha value is -1.64. The number of nitrogens with one attached hydrogen (secondary N) is 1. The molecule has 1 aromatic carbocycles. The number of piperidine rings is 1. The summed E-state index contributed by atoms with van der Waals surface area (Å²) in [6.45, 7) is 3.64. The first-order chi connectivity index (χ1) is 12.8. The second-order valence-corrected chi connectivity index (χ2v) is 9.37. The van der Waals surface area contributed by atoms with E-state index in [9.17, 15) is 18.0 Å². The van der Waals surface area contributed by atoms with Gasteiger partial charge >= 0.3 is 0 Å². The van der Waals surface area contributed by atoms with Gasteiger partial charge in [-0.15, -0.1) is 0 Å². The monoisotopic (exact) mass is 413 g/mol. The summed E-state index contributed by atoms with van der Waals surface area (Å²) < 4.78 is 26.9. The summed E-state index contributed by atoms with van der Waals surface area (Å²) in [5.41, 5.74) is 0.302. The van der Waals surface area contributed by atoms with Gasteiger partial charge in [0.25, 0.3) is 0 Å². The van der Waals surface area contributed by atoms with E-state index in [1.165, 1.54) is 29.4 Å². The summed E-state index contributed by atoms with van der Waals surface area (Å²) >= 11 is 6.18. The molecule has 27 heavy (non-hydrogen) atoms. The van der Waals surface area contributed by atoms with Crippen LogP contribution in [0.2, 0.25) is 5.02 Å². The van der Waals surface area contributed by atoms with Gasteiger partial charge < -0.3 is 10.2 Å². The molecule has 1 aromatic rings.